The molecule has 1 aromatic rings. The standard InChI is InChI=1S/C13H19BrN2OS/c1-15(8-10-4-3-7-16(10)2)9-11(17)12-5-6-13(14)18-12/h5-6,10H,3-4,7-9H2,1-2H3. The summed E-state index contributed by atoms with van der Waals surface area (Å²) in [6.07, 6.45) is 2.53. The molecule has 1 fully saturated rings. The maximum absolute atomic E-state index is 12.1. The fourth-order valence-electron chi connectivity index (χ4n) is 2.42. The highest BCUT2D eigenvalue weighted by atomic mass is 79.9. The van der Waals surface area contributed by atoms with Crippen LogP contribution in [0.4, 0.5) is 0 Å². The lowest BCUT2D eigenvalue weighted by Crippen LogP contribution is -2.38. The van der Waals surface area contributed by atoms with Crippen LogP contribution in [-0.2, 0) is 0 Å². The molecule has 0 saturated carbocycles. The van der Waals surface area contributed by atoms with Crippen LogP contribution in [0.25, 0.3) is 0 Å². The van der Waals surface area contributed by atoms with Gasteiger partial charge in [-0.05, 0) is 61.5 Å². The Hall–Kier alpha value is -0.230. The number of nitrogens with zero attached hydrogens (tertiary/aromatic N) is 2. The lowest BCUT2D eigenvalue weighted by atomic mass is 10.2. The molecular weight excluding hydrogens is 312 g/mol. The number of ketones is 1. The van der Waals surface area contributed by atoms with E-state index < -0.39 is 0 Å². The Labute approximate surface area is 121 Å². The number of likely N-dealkylation sites (N-methyl/N-ethyl adjacent to an activating group) is 2. The van der Waals surface area contributed by atoms with Gasteiger partial charge < -0.3 is 4.90 Å². The molecule has 0 bridgehead atoms. The summed E-state index contributed by atoms with van der Waals surface area (Å²) in [5.74, 6) is 0.217. The highest BCUT2D eigenvalue weighted by Gasteiger charge is 2.23. The number of likely N-dealkylation sites (tertiary alicyclic amines) is 1. The van der Waals surface area contributed by atoms with Crippen LogP contribution in [0.3, 0.4) is 0 Å². The van der Waals surface area contributed by atoms with Gasteiger partial charge in [0.2, 0.25) is 0 Å². The SMILES string of the molecule is CN(CC(=O)c1ccc(Br)s1)CC1CCCN1C. The summed E-state index contributed by atoms with van der Waals surface area (Å²) in [6, 6.07) is 4.44. The first-order valence-corrected chi connectivity index (χ1v) is 7.84. The van der Waals surface area contributed by atoms with Crippen LogP contribution in [0.2, 0.25) is 0 Å². The molecule has 0 aliphatic carbocycles. The maximum atomic E-state index is 12.1. The van der Waals surface area contributed by atoms with Crippen LogP contribution in [0.1, 0.15) is 22.5 Å². The van der Waals surface area contributed by atoms with Crippen molar-refractivity contribution in [3.63, 3.8) is 0 Å². The van der Waals surface area contributed by atoms with Crippen molar-refractivity contribution in [3.8, 4) is 0 Å². The van der Waals surface area contributed by atoms with Gasteiger partial charge in [-0.1, -0.05) is 0 Å². The molecule has 1 aliphatic rings. The average Bonchev–Trinajstić information content (AvgIpc) is 2.89. The first-order chi connectivity index (χ1) is 8.56. The molecule has 2 rings (SSSR count). The lowest BCUT2D eigenvalue weighted by molar-refractivity contribution is 0.0936. The second-order valence-electron chi connectivity index (χ2n) is 5.00. The van der Waals surface area contributed by atoms with Crippen LogP contribution < -0.4 is 0 Å². The van der Waals surface area contributed by atoms with Crippen molar-refractivity contribution < 1.29 is 4.79 Å². The third-order valence-corrected chi connectivity index (χ3v) is 5.12. The topological polar surface area (TPSA) is 23.6 Å². The number of thiophene rings is 1. The minimum absolute atomic E-state index is 0.217. The van der Waals surface area contributed by atoms with Crippen LogP contribution >= 0.6 is 27.3 Å². The Balaban J connectivity index is 1.83. The molecular formula is C13H19BrN2OS. The number of rotatable bonds is 5. The molecule has 0 N–H and O–H groups in total. The Bertz CT molecular complexity index is 421. The third kappa shape index (κ3) is 3.63. The van der Waals surface area contributed by atoms with E-state index in [9.17, 15) is 4.79 Å². The van der Waals surface area contributed by atoms with Crippen molar-refractivity contribution in [2.45, 2.75) is 18.9 Å². The smallest absolute Gasteiger partial charge is 0.186 e. The quantitative estimate of drug-likeness (QED) is 0.775. The first-order valence-electron chi connectivity index (χ1n) is 6.23. The number of halogens is 1. The fraction of sp³-hybridized carbons (Fsp3) is 0.615. The van der Waals surface area contributed by atoms with Gasteiger partial charge >= 0.3 is 0 Å². The van der Waals surface area contributed by atoms with E-state index in [-0.39, 0.29) is 5.78 Å². The van der Waals surface area contributed by atoms with Crippen LogP contribution in [-0.4, -0.2) is 55.4 Å². The Kier molecular flexibility index (Phi) is 4.95. The van der Waals surface area contributed by atoms with Crippen molar-refractivity contribution in [3.05, 3.63) is 20.8 Å². The van der Waals surface area contributed by atoms with Crippen molar-refractivity contribution in [2.24, 2.45) is 0 Å². The van der Waals surface area contributed by atoms with Crippen LogP contribution in [0.5, 0.6) is 0 Å². The highest BCUT2D eigenvalue weighted by Crippen LogP contribution is 2.22. The summed E-state index contributed by atoms with van der Waals surface area (Å²) in [4.78, 5) is 17.4. The summed E-state index contributed by atoms with van der Waals surface area (Å²) in [5, 5.41) is 0. The van der Waals surface area contributed by atoms with Crippen molar-refractivity contribution in [1.29, 1.82) is 0 Å². The molecule has 5 heteroatoms. The van der Waals surface area contributed by atoms with Gasteiger partial charge in [0.15, 0.2) is 5.78 Å². The zero-order valence-electron chi connectivity index (χ0n) is 10.9. The average molecular weight is 331 g/mol. The number of carbonyl (C=O) groups excluding carboxylic acids is 1. The molecule has 0 aromatic carbocycles. The molecule has 3 nitrogen and oxygen atoms in total. The van der Waals surface area contributed by atoms with Crippen LogP contribution in [0.15, 0.2) is 15.9 Å². The summed E-state index contributed by atoms with van der Waals surface area (Å²) in [5.41, 5.74) is 0. The largest absolute Gasteiger partial charge is 0.302 e. The van der Waals surface area contributed by atoms with E-state index in [2.05, 4.69) is 32.8 Å². The molecule has 0 amide bonds. The third-order valence-electron chi connectivity index (χ3n) is 3.46. The van der Waals surface area contributed by atoms with Gasteiger partial charge in [-0.3, -0.25) is 9.69 Å². The van der Waals surface area contributed by atoms with Crippen molar-refractivity contribution >= 4 is 33.0 Å². The van der Waals surface area contributed by atoms with Gasteiger partial charge in [-0.25, -0.2) is 0 Å². The number of Topliss-reactive ketones (excluding diaryl/α,β-unsaturated/α-hetero) is 1. The molecule has 1 saturated heterocycles. The number of hydrogen-bond acceptors (Lipinski definition) is 4. The lowest BCUT2D eigenvalue weighted by Gasteiger charge is -2.25. The number of hydrogen-bond donors (Lipinski definition) is 0. The minimum Gasteiger partial charge on any atom is -0.302 e. The zero-order chi connectivity index (χ0) is 13.1. The predicted molar refractivity (Wildman–Crippen MR) is 79.5 cm³/mol. The van der Waals surface area contributed by atoms with Gasteiger partial charge in [0.1, 0.15) is 0 Å². The molecule has 0 spiro atoms. The predicted octanol–water partition coefficient (Wildman–Crippen LogP) is 2.72. The second kappa shape index (κ2) is 6.28. The zero-order valence-corrected chi connectivity index (χ0v) is 13.3. The Morgan fingerprint density at radius 1 is 1.61 bits per heavy atom. The van der Waals surface area contributed by atoms with Gasteiger partial charge in [0, 0.05) is 12.6 Å². The molecule has 0 radical (unpaired) electrons. The van der Waals surface area contributed by atoms with Crippen molar-refractivity contribution in [1.82, 2.24) is 9.80 Å². The van der Waals surface area contributed by atoms with Gasteiger partial charge in [-0.15, -0.1) is 11.3 Å². The summed E-state index contributed by atoms with van der Waals surface area (Å²) in [6.45, 7) is 2.68. The van der Waals surface area contributed by atoms with Gasteiger partial charge in [0.05, 0.1) is 15.2 Å². The fourth-order valence-corrected chi connectivity index (χ4v) is 3.74. The molecule has 2 heterocycles. The summed E-state index contributed by atoms with van der Waals surface area (Å²) >= 11 is 4.90. The maximum Gasteiger partial charge on any atom is 0.186 e. The van der Waals surface area contributed by atoms with Gasteiger partial charge in [0.25, 0.3) is 0 Å². The second-order valence-corrected chi connectivity index (χ2v) is 7.46. The minimum atomic E-state index is 0.217. The summed E-state index contributed by atoms with van der Waals surface area (Å²) in [7, 11) is 4.20. The van der Waals surface area contributed by atoms with Crippen LogP contribution in [0, 0.1) is 0 Å². The molecule has 1 aliphatic heterocycles. The van der Waals surface area contributed by atoms with Crippen molar-refractivity contribution in [2.75, 3.05) is 33.7 Å². The van der Waals surface area contributed by atoms with E-state index in [1.807, 2.05) is 19.2 Å². The van der Waals surface area contributed by atoms with E-state index in [1.165, 1.54) is 30.7 Å². The van der Waals surface area contributed by atoms with E-state index in [1.54, 1.807) is 0 Å². The van der Waals surface area contributed by atoms with E-state index in [0.717, 1.165) is 15.2 Å². The first kappa shape index (κ1) is 14.2. The Morgan fingerprint density at radius 3 is 2.94 bits per heavy atom. The molecule has 1 atom stereocenters. The summed E-state index contributed by atoms with van der Waals surface area (Å²) < 4.78 is 1.02. The Morgan fingerprint density at radius 2 is 2.39 bits per heavy atom. The van der Waals surface area contributed by atoms with Gasteiger partial charge in [-0.2, -0.15) is 0 Å². The monoisotopic (exact) mass is 330 g/mol. The molecule has 18 heavy (non-hydrogen) atoms. The molecule has 1 unspecified atom stereocenters. The normalized spacial score (nSPS) is 20.8. The van der Waals surface area contributed by atoms with E-state index >= 15 is 0 Å². The van der Waals surface area contributed by atoms with E-state index in [0.29, 0.717) is 12.6 Å². The molecule has 100 valence electrons. The van der Waals surface area contributed by atoms with E-state index in [4.69, 9.17) is 0 Å². The number of carbonyl (C=O) groups is 1. The highest BCUT2D eigenvalue weighted by molar-refractivity contribution is 9.11. The molecule has 1 aromatic heterocycles.